The minimum absolute atomic E-state index is 0.249. The van der Waals surface area contributed by atoms with Gasteiger partial charge in [0.1, 0.15) is 5.82 Å². The fraction of sp³-hybridized carbons (Fsp3) is 0.667. The molecule has 1 aromatic heterocycles. The molecule has 2 saturated heterocycles. The van der Waals surface area contributed by atoms with Crippen molar-refractivity contribution < 1.29 is 0 Å². The first-order valence-electron chi connectivity index (χ1n) is 7.31. The van der Waals surface area contributed by atoms with Crippen molar-refractivity contribution in [2.75, 3.05) is 12.8 Å². The van der Waals surface area contributed by atoms with Crippen LogP contribution in [0.2, 0.25) is 0 Å². The maximum atomic E-state index is 6.45. The second kappa shape index (κ2) is 5.10. The summed E-state index contributed by atoms with van der Waals surface area (Å²) >= 11 is 0. The van der Waals surface area contributed by atoms with E-state index in [2.05, 4.69) is 16.9 Å². The van der Waals surface area contributed by atoms with Crippen LogP contribution in [0.15, 0.2) is 18.3 Å². The number of pyridine rings is 1. The molecule has 4 nitrogen and oxygen atoms in total. The van der Waals surface area contributed by atoms with E-state index in [1.165, 1.54) is 31.2 Å². The number of anilines is 1. The number of hydrogen-bond donors (Lipinski definition) is 2. The second-order valence-electron chi connectivity index (χ2n) is 6.24. The van der Waals surface area contributed by atoms with Gasteiger partial charge in [-0.25, -0.2) is 4.98 Å². The van der Waals surface area contributed by atoms with E-state index < -0.39 is 0 Å². The van der Waals surface area contributed by atoms with E-state index in [9.17, 15) is 0 Å². The molecule has 19 heavy (non-hydrogen) atoms. The molecule has 0 aromatic carbocycles. The fourth-order valence-corrected chi connectivity index (χ4v) is 3.86. The molecule has 2 aliphatic rings. The van der Waals surface area contributed by atoms with Crippen molar-refractivity contribution in [1.82, 2.24) is 9.88 Å². The molecule has 2 bridgehead atoms. The van der Waals surface area contributed by atoms with E-state index >= 15 is 0 Å². The zero-order valence-electron chi connectivity index (χ0n) is 11.6. The standard InChI is InChI=1S/C15H24N4/c1-19-12-2-3-13(19)9-11(8-12)14(16)6-10-4-5-18-15(17)7-10/h4-5,7,11-14H,2-3,6,8-9,16H2,1H3,(H2,17,18). The number of rotatable bonds is 3. The molecule has 3 rings (SSSR count). The summed E-state index contributed by atoms with van der Waals surface area (Å²) in [5.41, 5.74) is 13.4. The summed E-state index contributed by atoms with van der Waals surface area (Å²) in [5, 5.41) is 0. The van der Waals surface area contributed by atoms with Crippen molar-refractivity contribution in [2.24, 2.45) is 11.7 Å². The van der Waals surface area contributed by atoms with Gasteiger partial charge in [-0.1, -0.05) is 0 Å². The summed E-state index contributed by atoms with van der Waals surface area (Å²) in [4.78, 5) is 6.60. The smallest absolute Gasteiger partial charge is 0.123 e. The normalized spacial score (nSPS) is 32.4. The van der Waals surface area contributed by atoms with Gasteiger partial charge in [0.15, 0.2) is 0 Å². The number of hydrogen-bond acceptors (Lipinski definition) is 4. The van der Waals surface area contributed by atoms with Gasteiger partial charge in [0.25, 0.3) is 0 Å². The SMILES string of the molecule is CN1C2CCC1CC(C(N)Cc1ccnc(N)c1)C2. The average molecular weight is 260 g/mol. The Morgan fingerprint density at radius 1 is 1.37 bits per heavy atom. The van der Waals surface area contributed by atoms with E-state index in [0.29, 0.717) is 11.7 Å². The molecule has 3 atom stereocenters. The molecule has 0 amide bonds. The molecule has 2 fully saturated rings. The number of nitrogens with two attached hydrogens (primary N) is 2. The first-order valence-corrected chi connectivity index (χ1v) is 7.31. The third-order valence-corrected chi connectivity index (χ3v) is 5.06. The Balaban J connectivity index is 1.64. The van der Waals surface area contributed by atoms with Gasteiger partial charge in [-0.2, -0.15) is 0 Å². The third kappa shape index (κ3) is 2.60. The molecule has 0 aliphatic carbocycles. The summed E-state index contributed by atoms with van der Waals surface area (Å²) < 4.78 is 0. The van der Waals surface area contributed by atoms with Crippen molar-refractivity contribution in [3.05, 3.63) is 23.9 Å². The lowest BCUT2D eigenvalue weighted by Crippen LogP contribution is -2.46. The van der Waals surface area contributed by atoms with Crippen LogP contribution in [0.5, 0.6) is 0 Å². The molecule has 0 spiro atoms. The molecule has 104 valence electrons. The lowest BCUT2D eigenvalue weighted by molar-refractivity contribution is 0.120. The molecule has 3 heterocycles. The Morgan fingerprint density at radius 3 is 2.68 bits per heavy atom. The zero-order chi connectivity index (χ0) is 13.4. The van der Waals surface area contributed by atoms with Crippen LogP contribution >= 0.6 is 0 Å². The van der Waals surface area contributed by atoms with E-state index in [0.717, 1.165) is 18.5 Å². The predicted molar refractivity (Wildman–Crippen MR) is 77.6 cm³/mol. The summed E-state index contributed by atoms with van der Waals surface area (Å²) in [5.74, 6) is 1.25. The van der Waals surface area contributed by atoms with Gasteiger partial charge < -0.3 is 16.4 Å². The molecule has 1 aromatic rings. The summed E-state index contributed by atoms with van der Waals surface area (Å²) in [7, 11) is 2.27. The summed E-state index contributed by atoms with van der Waals surface area (Å²) in [6.07, 6.45) is 7.92. The van der Waals surface area contributed by atoms with Crippen LogP contribution in [0, 0.1) is 5.92 Å². The molecular formula is C15H24N4. The largest absolute Gasteiger partial charge is 0.384 e. The number of nitrogens with zero attached hydrogens (tertiary/aromatic N) is 2. The molecule has 3 unspecified atom stereocenters. The Morgan fingerprint density at radius 2 is 2.05 bits per heavy atom. The first-order chi connectivity index (χ1) is 9.13. The Labute approximate surface area is 115 Å². The lowest BCUT2D eigenvalue weighted by Gasteiger charge is -2.38. The Hall–Kier alpha value is -1.13. The van der Waals surface area contributed by atoms with Crippen LogP contribution in [0.25, 0.3) is 0 Å². The van der Waals surface area contributed by atoms with Gasteiger partial charge in [-0.3, -0.25) is 0 Å². The average Bonchev–Trinajstić information content (AvgIpc) is 2.62. The van der Waals surface area contributed by atoms with Gasteiger partial charge in [-0.05, 0) is 62.8 Å². The van der Waals surface area contributed by atoms with Crippen molar-refractivity contribution >= 4 is 5.82 Å². The van der Waals surface area contributed by atoms with Crippen LogP contribution in [0.4, 0.5) is 5.82 Å². The molecule has 4 heteroatoms. The highest BCUT2D eigenvalue weighted by atomic mass is 15.2. The highest BCUT2D eigenvalue weighted by molar-refractivity contribution is 5.32. The second-order valence-corrected chi connectivity index (χ2v) is 6.24. The van der Waals surface area contributed by atoms with Crippen LogP contribution in [0.1, 0.15) is 31.2 Å². The molecule has 4 N–H and O–H groups in total. The predicted octanol–water partition coefficient (Wildman–Crippen LogP) is 1.41. The minimum Gasteiger partial charge on any atom is -0.384 e. The topological polar surface area (TPSA) is 68.2 Å². The zero-order valence-corrected chi connectivity index (χ0v) is 11.6. The van der Waals surface area contributed by atoms with Crippen LogP contribution in [0.3, 0.4) is 0 Å². The van der Waals surface area contributed by atoms with E-state index in [-0.39, 0.29) is 6.04 Å². The number of piperidine rings is 1. The van der Waals surface area contributed by atoms with Gasteiger partial charge in [0, 0.05) is 24.3 Å². The van der Waals surface area contributed by atoms with Crippen molar-refractivity contribution in [1.29, 1.82) is 0 Å². The summed E-state index contributed by atoms with van der Waals surface area (Å²) in [6.45, 7) is 0. The highest BCUT2D eigenvalue weighted by Gasteiger charge is 2.40. The van der Waals surface area contributed by atoms with Gasteiger partial charge in [0.2, 0.25) is 0 Å². The van der Waals surface area contributed by atoms with E-state index in [1.54, 1.807) is 6.20 Å². The van der Waals surface area contributed by atoms with Crippen LogP contribution in [-0.4, -0.2) is 35.1 Å². The van der Waals surface area contributed by atoms with Gasteiger partial charge >= 0.3 is 0 Å². The first kappa shape index (κ1) is 12.9. The van der Waals surface area contributed by atoms with Crippen molar-refractivity contribution in [3.63, 3.8) is 0 Å². The van der Waals surface area contributed by atoms with Crippen molar-refractivity contribution in [2.45, 2.75) is 50.2 Å². The van der Waals surface area contributed by atoms with Crippen LogP contribution in [-0.2, 0) is 6.42 Å². The molecule has 0 radical (unpaired) electrons. The van der Waals surface area contributed by atoms with E-state index in [1.807, 2.05) is 12.1 Å². The molecule has 2 aliphatic heterocycles. The van der Waals surface area contributed by atoms with E-state index in [4.69, 9.17) is 11.5 Å². The maximum Gasteiger partial charge on any atom is 0.123 e. The third-order valence-electron chi connectivity index (χ3n) is 5.06. The molecular weight excluding hydrogens is 236 g/mol. The summed E-state index contributed by atoms with van der Waals surface area (Å²) in [6, 6.07) is 5.75. The lowest BCUT2D eigenvalue weighted by atomic mass is 9.83. The Bertz CT molecular complexity index is 434. The minimum atomic E-state index is 0.249. The number of aromatic nitrogens is 1. The van der Waals surface area contributed by atoms with Crippen LogP contribution < -0.4 is 11.5 Å². The number of fused-ring (bicyclic) bond motifs is 2. The van der Waals surface area contributed by atoms with Gasteiger partial charge in [-0.15, -0.1) is 0 Å². The Kier molecular flexibility index (Phi) is 3.46. The van der Waals surface area contributed by atoms with Crippen molar-refractivity contribution in [3.8, 4) is 0 Å². The molecule has 0 saturated carbocycles. The number of nitrogen functional groups attached to an aromatic ring is 1. The highest BCUT2D eigenvalue weighted by Crippen LogP contribution is 2.38. The van der Waals surface area contributed by atoms with Gasteiger partial charge in [0.05, 0.1) is 0 Å². The maximum absolute atomic E-state index is 6.45. The monoisotopic (exact) mass is 260 g/mol. The quantitative estimate of drug-likeness (QED) is 0.862. The fourth-order valence-electron chi connectivity index (χ4n) is 3.86.